The predicted octanol–water partition coefficient (Wildman–Crippen LogP) is 2.23. The van der Waals surface area contributed by atoms with Gasteiger partial charge in [-0.05, 0) is 24.0 Å². The molecule has 0 aliphatic heterocycles. The summed E-state index contributed by atoms with van der Waals surface area (Å²) >= 11 is 0. The fraction of sp³-hybridized carbons (Fsp3) is 0.615. The lowest BCUT2D eigenvalue weighted by atomic mass is 9.98. The van der Waals surface area contributed by atoms with E-state index in [-0.39, 0.29) is 10.4 Å². The molecule has 6 heteroatoms. The van der Waals surface area contributed by atoms with Crippen LogP contribution in [0.4, 0.5) is 5.69 Å². The summed E-state index contributed by atoms with van der Waals surface area (Å²) < 4.78 is 27.1. The first-order chi connectivity index (χ1) is 8.76. The Morgan fingerprint density at radius 1 is 1.32 bits per heavy atom. The Labute approximate surface area is 115 Å². The summed E-state index contributed by atoms with van der Waals surface area (Å²) in [5.74, 6) is 0. The zero-order valence-electron chi connectivity index (χ0n) is 12.0. The van der Waals surface area contributed by atoms with E-state index in [0.29, 0.717) is 18.8 Å². The van der Waals surface area contributed by atoms with Gasteiger partial charge >= 0.3 is 0 Å². The van der Waals surface area contributed by atoms with E-state index < -0.39 is 10.0 Å². The lowest BCUT2D eigenvalue weighted by molar-refractivity contribution is 0.407. The fourth-order valence-electron chi connectivity index (χ4n) is 1.38. The van der Waals surface area contributed by atoms with Gasteiger partial charge in [0.1, 0.15) is 0 Å². The highest BCUT2D eigenvalue weighted by Gasteiger charge is 2.22. The van der Waals surface area contributed by atoms with Crippen LogP contribution < -0.4 is 10.0 Å². The number of hydrogen-bond donors (Lipinski definition) is 2. The van der Waals surface area contributed by atoms with Crippen molar-refractivity contribution in [2.75, 3.05) is 18.4 Å². The minimum absolute atomic E-state index is 0.0627. The van der Waals surface area contributed by atoms with Crippen LogP contribution in [-0.4, -0.2) is 26.5 Å². The summed E-state index contributed by atoms with van der Waals surface area (Å²) in [5, 5.41) is 3.15. The van der Waals surface area contributed by atoms with Gasteiger partial charge in [-0.2, -0.15) is 0 Å². The van der Waals surface area contributed by atoms with Crippen LogP contribution in [0.15, 0.2) is 23.4 Å². The van der Waals surface area contributed by atoms with Gasteiger partial charge in [0.2, 0.25) is 0 Å². The molecular weight excluding hydrogens is 262 g/mol. The number of rotatable bonds is 6. The van der Waals surface area contributed by atoms with Gasteiger partial charge in [-0.1, -0.05) is 27.7 Å². The Hall–Kier alpha value is -1.14. The van der Waals surface area contributed by atoms with Crippen LogP contribution in [0.1, 0.15) is 34.1 Å². The molecule has 0 aliphatic rings. The molecule has 1 aromatic heterocycles. The predicted molar refractivity (Wildman–Crippen MR) is 77.7 cm³/mol. The smallest absolute Gasteiger partial charge is 0.260 e. The van der Waals surface area contributed by atoms with Crippen molar-refractivity contribution in [1.29, 1.82) is 0 Å². The average molecular weight is 285 g/mol. The van der Waals surface area contributed by atoms with Crippen molar-refractivity contribution >= 4 is 15.7 Å². The number of hydrogen-bond acceptors (Lipinski definition) is 4. The van der Waals surface area contributed by atoms with Crippen molar-refractivity contribution in [1.82, 2.24) is 9.71 Å². The normalized spacial score (nSPS) is 12.4. The third-order valence-corrected chi connectivity index (χ3v) is 3.74. The number of sulfonamides is 1. The summed E-state index contributed by atoms with van der Waals surface area (Å²) in [7, 11) is -3.58. The second-order valence-corrected chi connectivity index (χ2v) is 7.35. The van der Waals surface area contributed by atoms with E-state index in [0.717, 1.165) is 6.42 Å². The van der Waals surface area contributed by atoms with E-state index in [2.05, 4.69) is 15.0 Å². The lowest BCUT2D eigenvalue weighted by Gasteiger charge is -2.19. The Balaban J connectivity index is 2.94. The average Bonchev–Trinajstić information content (AvgIpc) is 2.34. The quantitative estimate of drug-likeness (QED) is 0.841. The standard InChI is InChI=1S/C13H23N3O2S/c1-5-8-14-11-7-6-9-15-12(11)19(17,18)16-10-13(2,3)4/h6-7,9,14,16H,5,8,10H2,1-4H3. The minimum Gasteiger partial charge on any atom is -0.383 e. The SMILES string of the molecule is CCCNc1cccnc1S(=O)(=O)NCC(C)(C)C. The summed E-state index contributed by atoms with van der Waals surface area (Å²) in [6.45, 7) is 9.04. The summed E-state index contributed by atoms with van der Waals surface area (Å²) in [6, 6.07) is 3.45. The van der Waals surface area contributed by atoms with Crippen molar-refractivity contribution in [2.45, 2.75) is 39.1 Å². The molecular formula is C13H23N3O2S. The molecule has 0 saturated heterocycles. The molecule has 108 valence electrons. The third-order valence-electron chi connectivity index (χ3n) is 2.38. The molecule has 5 nitrogen and oxygen atoms in total. The topological polar surface area (TPSA) is 71.1 Å². The van der Waals surface area contributed by atoms with Crippen molar-refractivity contribution in [2.24, 2.45) is 5.41 Å². The highest BCUT2D eigenvalue weighted by molar-refractivity contribution is 7.89. The van der Waals surface area contributed by atoms with Gasteiger partial charge in [-0.3, -0.25) is 0 Å². The number of nitrogens with one attached hydrogen (secondary N) is 2. The maximum absolute atomic E-state index is 12.2. The molecule has 0 amide bonds. The first kappa shape index (κ1) is 15.9. The van der Waals surface area contributed by atoms with Crippen molar-refractivity contribution in [3.63, 3.8) is 0 Å². The second-order valence-electron chi connectivity index (χ2n) is 5.67. The monoisotopic (exact) mass is 285 g/mol. The largest absolute Gasteiger partial charge is 0.383 e. The fourth-order valence-corrected chi connectivity index (χ4v) is 2.77. The maximum Gasteiger partial charge on any atom is 0.260 e. The van der Waals surface area contributed by atoms with Crippen molar-refractivity contribution in [3.8, 4) is 0 Å². The van der Waals surface area contributed by atoms with E-state index >= 15 is 0 Å². The van der Waals surface area contributed by atoms with Crippen LogP contribution in [0.25, 0.3) is 0 Å². The number of aromatic nitrogens is 1. The van der Waals surface area contributed by atoms with E-state index in [1.54, 1.807) is 12.1 Å². The molecule has 0 aliphatic carbocycles. The van der Waals surface area contributed by atoms with Gasteiger partial charge in [0.15, 0.2) is 5.03 Å². The van der Waals surface area contributed by atoms with Crippen LogP contribution in [0.5, 0.6) is 0 Å². The number of nitrogens with zero attached hydrogens (tertiary/aromatic N) is 1. The lowest BCUT2D eigenvalue weighted by Crippen LogP contribution is -2.33. The molecule has 0 aromatic carbocycles. The molecule has 1 heterocycles. The molecule has 0 fully saturated rings. The molecule has 2 N–H and O–H groups in total. The molecule has 0 saturated carbocycles. The first-order valence-corrected chi connectivity index (χ1v) is 7.93. The van der Waals surface area contributed by atoms with Crippen LogP contribution in [0, 0.1) is 5.41 Å². The third kappa shape index (κ3) is 5.16. The van der Waals surface area contributed by atoms with E-state index in [4.69, 9.17) is 0 Å². The highest BCUT2D eigenvalue weighted by atomic mass is 32.2. The van der Waals surface area contributed by atoms with Crippen LogP contribution >= 0.6 is 0 Å². The molecule has 0 radical (unpaired) electrons. The van der Waals surface area contributed by atoms with E-state index in [1.165, 1.54) is 6.20 Å². The summed E-state index contributed by atoms with van der Waals surface area (Å²) in [4.78, 5) is 3.99. The van der Waals surface area contributed by atoms with Crippen LogP contribution in [-0.2, 0) is 10.0 Å². The molecule has 1 aromatic rings. The van der Waals surface area contributed by atoms with Gasteiger partial charge in [0, 0.05) is 19.3 Å². The molecule has 19 heavy (non-hydrogen) atoms. The van der Waals surface area contributed by atoms with Gasteiger partial charge in [-0.15, -0.1) is 0 Å². The highest BCUT2D eigenvalue weighted by Crippen LogP contribution is 2.19. The maximum atomic E-state index is 12.2. The summed E-state index contributed by atoms with van der Waals surface area (Å²) in [5.41, 5.74) is 0.435. The molecule has 0 atom stereocenters. The Morgan fingerprint density at radius 2 is 2.00 bits per heavy atom. The number of pyridine rings is 1. The van der Waals surface area contributed by atoms with Gasteiger partial charge in [0.25, 0.3) is 10.0 Å². The zero-order chi connectivity index (χ0) is 14.5. The Morgan fingerprint density at radius 3 is 2.58 bits per heavy atom. The van der Waals surface area contributed by atoms with E-state index in [1.807, 2.05) is 27.7 Å². The molecule has 1 rings (SSSR count). The van der Waals surface area contributed by atoms with Crippen molar-refractivity contribution in [3.05, 3.63) is 18.3 Å². The Kier molecular flexibility index (Phi) is 5.31. The number of anilines is 1. The first-order valence-electron chi connectivity index (χ1n) is 6.45. The van der Waals surface area contributed by atoms with Crippen LogP contribution in [0.2, 0.25) is 0 Å². The van der Waals surface area contributed by atoms with Gasteiger partial charge in [-0.25, -0.2) is 18.1 Å². The zero-order valence-corrected chi connectivity index (χ0v) is 12.8. The van der Waals surface area contributed by atoms with E-state index in [9.17, 15) is 8.42 Å². The van der Waals surface area contributed by atoms with Gasteiger partial charge in [0.05, 0.1) is 5.69 Å². The molecule has 0 unspecified atom stereocenters. The molecule has 0 spiro atoms. The molecule has 0 bridgehead atoms. The minimum atomic E-state index is -3.58. The van der Waals surface area contributed by atoms with Gasteiger partial charge < -0.3 is 5.32 Å². The Bertz CT molecular complexity index is 507. The second kappa shape index (κ2) is 6.34. The summed E-state index contributed by atoms with van der Waals surface area (Å²) in [6.07, 6.45) is 2.41. The van der Waals surface area contributed by atoms with Crippen LogP contribution in [0.3, 0.4) is 0 Å². The van der Waals surface area contributed by atoms with Crippen molar-refractivity contribution < 1.29 is 8.42 Å².